The average molecular weight is 300 g/mol. The van der Waals surface area contributed by atoms with Gasteiger partial charge in [0.1, 0.15) is 6.10 Å². The second-order valence-electron chi connectivity index (χ2n) is 3.00. The summed E-state index contributed by atoms with van der Waals surface area (Å²) in [6, 6.07) is 0. The van der Waals surface area contributed by atoms with Crippen molar-refractivity contribution in [1.82, 2.24) is 0 Å². The van der Waals surface area contributed by atoms with Gasteiger partial charge < -0.3 is 9.84 Å². The molecule has 4 nitrogen and oxygen atoms in total. The molecular weight excluding hydrogens is 287 g/mol. The molecule has 1 N–H and O–H groups in total. The van der Waals surface area contributed by atoms with Crippen LogP contribution < -0.4 is 0 Å². The number of esters is 1. The maximum Gasteiger partial charge on any atom is 0.316 e. The van der Waals surface area contributed by atoms with Crippen molar-refractivity contribution in [2.75, 3.05) is 4.43 Å². The molecule has 0 saturated carbocycles. The molecule has 0 saturated heterocycles. The molecule has 0 aromatic heterocycles. The van der Waals surface area contributed by atoms with E-state index in [-0.39, 0.29) is 22.7 Å². The van der Waals surface area contributed by atoms with Crippen LogP contribution in [0.1, 0.15) is 20.3 Å². The molecule has 0 aliphatic heterocycles. The van der Waals surface area contributed by atoms with Crippen molar-refractivity contribution in [3.8, 4) is 0 Å². The van der Waals surface area contributed by atoms with E-state index in [1.165, 1.54) is 0 Å². The van der Waals surface area contributed by atoms with Crippen LogP contribution >= 0.6 is 22.6 Å². The van der Waals surface area contributed by atoms with Crippen molar-refractivity contribution in [1.29, 1.82) is 0 Å². The first kappa shape index (κ1) is 12.7. The van der Waals surface area contributed by atoms with E-state index in [1.807, 2.05) is 36.4 Å². The van der Waals surface area contributed by atoms with Crippen LogP contribution in [0.25, 0.3) is 0 Å². The lowest BCUT2D eigenvalue weighted by atomic mass is 10.0. The third-order valence-electron chi connectivity index (χ3n) is 1.51. The first-order valence-electron chi connectivity index (χ1n) is 3.94. The Morgan fingerprint density at radius 3 is 2.31 bits per heavy atom. The van der Waals surface area contributed by atoms with Crippen LogP contribution in [-0.2, 0) is 14.3 Å². The summed E-state index contributed by atoms with van der Waals surface area (Å²) >= 11 is 1.88. The van der Waals surface area contributed by atoms with Crippen molar-refractivity contribution >= 4 is 34.5 Å². The third kappa shape index (κ3) is 5.84. The van der Waals surface area contributed by atoms with Gasteiger partial charge in [-0.15, -0.1) is 0 Å². The Morgan fingerprint density at radius 2 is 2.00 bits per heavy atom. The lowest BCUT2D eigenvalue weighted by Crippen LogP contribution is -2.26. The minimum Gasteiger partial charge on any atom is -0.481 e. The number of carbonyl (C=O) groups is 2. The average Bonchev–Trinajstić information content (AvgIpc) is 2.02. The van der Waals surface area contributed by atoms with Gasteiger partial charge in [0.25, 0.3) is 0 Å². The summed E-state index contributed by atoms with van der Waals surface area (Å²) < 4.78 is 5.20. The Bertz CT molecular complexity index is 191. The van der Waals surface area contributed by atoms with Crippen molar-refractivity contribution in [2.45, 2.75) is 26.4 Å². The van der Waals surface area contributed by atoms with Gasteiger partial charge in [0.05, 0.1) is 10.8 Å². The summed E-state index contributed by atoms with van der Waals surface area (Å²) in [5, 5.41) is 8.53. The number of rotatable bonds is 5. The maximum atomic E-state index is 10.9. The van der Waals surface area contributed by atoms with Crippen LogP contribution in [0.3, 0.4) is 0 Å². The lowest BCUT2D eigenvalue weighted by molar-refractivity contribution is -0.152. The molecule has 0 amide bonds. The number of carboxylic acid groups (broad SMARTS) is 1. The molecule has 0 bridgehead atoms. The van der Waals surface area contributed by atoms with E-state index >= 15 is 0 Å². The predicted molar refractivity (Wildman–Crippen MR) is 55.9 cm³/mol. The van der Waals surface area contributed by atoms with Gasteiger partial charge in [-0.3, -0.25) is 9.59 Å². The quantitative estimate of drug-likeness (QED) is 0.474. The highest BCUT2D eigenvalue weighted by molar-refractivity contribution is 14.1. The van der Waals surface area contributed by atoms with Crippen molar-refractivity contribution in [2.24, 2.45) is 5.92 Å². The highest BCUT2D eigenvalue weighted by Gasteiger charge is 2.20. The smallest absolute Gasteiger partial charge is 0.316 e. The van der Waals surface area contributed by atoms with Gasteiger partial charge in [-0.2, -0.15) is 0 Å². The lowest BCUT2D eigenvalue weighted by Gasteiger charge is -2.18. The predicted octanol–water partition coefficient (Wildman–Crippen LogP) is 1.46. The zero-order valence-corrected chi connectivity index (χ0v) is 9.78. The topological polar surface area (TPSA) is 63.6 Å². The molecule has 0 aliphatic rings. The van der Waals surface area contributed by atoms with Crippen molar-refractivity contribution in [3.63, 3.8) is 0 Å². The van der Waals surface area contributed by atoms with Crippen LogP contribution in [0.4, 0.5) is 0 Å². The summed E-state index contributed by atoms with van der Waals surface area (Å²) in [7, 11) is 0. The number of halogens is 1. The van der Waals surface area contributed by atoms with Crippen molar-refractivity contribution in [3.05, 3.63) is 0 Å². The largest absolute Gasteiger partial charge is 0.481 e. The molecule has 1 unspecified atom stereocenters. The van der Waals surface area contributed by atoms with E-state index < -0.39 is 12.1 Å². The van der Waals surface area contributed by atoms with Crippen molar-refractivity contribution < 1.29 is 19.4 Å². The molecule has 0 heterocycles. The number of carboxylic acids is 1. The van der Waals surface area contributed by atoms with E-state index in [0.29, 0.717) is 0 Å². The van der Waals surface area contributed by atoms with Crippen LogP contribution in [0.15, 0.2) is 0 Å². The molecule has 0 rings (SSSR count). The Labute approximate surface area is 90.8 Å². The fraction of sp³-hybridized carbons (Fsp3) is 0.750. The summed E-state index contributed by atoms with van der Waals surface area (Å²) in [6.07, 6.45) is -0.639. The molecular formula is C8H13IO4. The molecule has 5 heteroatoms. The first-order valence-corrected chi connectivity index (χ1v) is 5.47. The van der Waals surface area contributed by atoms with E-state index in [1.54, 1.807) is 0 Å². The minimum atomic E-state index is -0.944. The van der Waals surface area contributed by atoms with Gasteiger partial charge in [-0.1, -0.05) is 36.4 Å². The number of hydrogen-bond acceptors (Lipinski definition) is 3. The van der Waals surface area contributed by atoms with Crippen LogP contribution in [-0.4, -0.2) is 27.6 Å². The van der Waals surface area contributed by atoms with Gasteiger partial charge in [-0.25, -0.2) is 0 Å². The molecule has 0 spiro atoms. The molecule has 0 fully saturated rings. The number of aliphatic carboxylic acids is 1. The van der Waals surface area contributed by atoms with E-state index in [9.17, 15) is 9.59 Å². The molecule has 13 heavy (non-hydrogen) atoms. The number of ether oxygens (including phenoxy) is 1. The van der Waals surface area contributed by atoms with Gasteiger partial charge in [0.15, 0.2) is 0 Å². The minimum absolute atomic E-state index is 0.0306. The summed E-state index contributed by atoms with van der Waals surface area (Å²) in [6.45, 7) is 3.65. The molecule has 0 aromatic carbocycles. The standard InChI is InChI=1S/C8H13IO4/c1-5(2)6(3-7(10)11)13-8(12)4-9/h5-6H,3-4H2,1-2H3,(H,10,11). The molecule has 76 valence electrons. The van der Waals surface area contributed by atoms with Gasteiger partial charge in [0.2, 0.25) is 0 Å². The zero-order chi connectivity index (χ0) is 10.4. The first-order chi connectivity index (χ1) is 5.97. The Balaban J connectivity index is 4.09. The molecule has 0 aliphatic carbocycles. The highest BCUT2D eigenvalue weighted by Crippen LogP contribution is 2.11. The summed E-state index contributed by atoms with van der Waals surface area (Å²) in [5.41, 5.74) is 0. The number of alkyl halides is 1. The Morgan fingerprint density at radius 1 is 1.46 bits per heavy atom. The van der Waals surface area contributed by atoms with E-state index in [0.717, 1.165) is 0 Å². The Hall–Kier alpha value is -0.330. The maximum absolute atomic E-state index is 10.9. The Kier molecular flexibility index (Phi) is 6.02. The molecule has 0 aromatic rings. The van der Waals surface area contributed by atoms with Gasteiger partial charge in [0, 0.05) is 0 Å². The monoisotopic (exact) mass is 300 g/mol. The fourth-order valence-electron chi connectivity index (χ4n) is 0.786. The normalized spacial score (nSPS) is 12.6. The SMILES string of the molecule is CC(C)C(CC(=O)O)OC(=O)CI. The molecule has 1 atom stereocenters. The molecule has 0 radical (unpaired) electrons. The summed E-state index contributed by atoms with van der Waals surface area (Å²) in [4.78, 5) is 21.3. The second kappa shape index (κ2) is 6.17. The third-order valence-corrected chi connectivity index (χ3v) is 2.13. The van der Waals surface area contributed by atoms with E-state index in [4.69, 9.17) is 9.84 Å². The summed E-state index contributed by atoms with van der Waals surface area (Å²) in [5.74, 6) is -1.27. The van der Waals surface area contributed by atoms with Crippen LogP contribution in [0, 0.1) is 5.92 Å². The second-order valence-corrected chi connectivity index (χ2v) is 3.77. The highest BCUT2D eigenvalue weighted by atomic mass is 127. The fourth-order valence-corrected chi connectivity index (χ4v) is 0.966. The van der Waals surface area contributed by atoms with Crippen LogP contribution in [0.2, 0.25) is 0 Å². The van der Waals surface area contributed by atoms with Gasteiger partial charge in [-0.05, 0) is 5.92 Å². The van der Waals surface area contributed by atoms with Gasteiger partial charge >= 0.3 is 11.9 Å². The number of hydrogen-bond donors (Lipinski definition) is 1. The zero-order valence-electron chi connectivity index (χ0n) is 7.62. The van der Waals surface area contributed by atoms with Crippen LogP contribution in [0.5, 0.6) is 0 Å². The van der Waals surface area contributed by atoms with E-state index in [2.05, 4.69) is 0 Å². The number of carbonyl (C=O) groups excluding carboxylic acids is 1.